The second-order valence-corrected chi connectivity index (χ2v) is 5.08. The van der Waals surface area contributed by atoms with E-state index in [0.717, 1.165) is 12.8 Å². The van der Waals surface area contributed by atoms with Crippen molar-refractivity contribution in [2.75, 3.05) is 6.61 Å². The summed E-state index contributed by atoms with van der Waals surface area (Å²) in [5.41, 5.74) is 1.17. The zero-order valence-electron chi connectivity index (χ0n) is 11.6. The van der Waals surface area contributed by atoms with Crippen LogP contribution in [0.25, 0.3) is 0 Å². The lowest BCUT2D eigenvalue weighted by atomic mass is 10.1. The molecule has 0 saturated heterocycles. The van der Waals surface area contributed by atoms with Crippen molar-refractivity contribution in [3.63, 3.8) is 0 Å². The molecule has 4 heteroatoms. The number of hydrogen-bond donors (Lipinski definition) is 2. The Bertz CT molecular complexity index is 509. The molecule has 1 amide bonds. The zero-order valence-corrected chi connectivity index (χ0v) is 11.6. The second kappa shape index (κ2) is 7.66. The van der Waals surface area contributed by atoms with Gasteiger partial charge in [-0.2, -0.15) is 0 Å². The molecule has 0 aliphatic heterocycles. The number of carbonyl (C=O) groups is 1. The number of hydrogen-bond acceptors (Lipinski definition) is 3. The SMILES string of the molecule is O=C(NC1CCCCCC1)c1cncc(C#CCO)c1. The van der Waals surface area contributed by atoms with E-state index in [1.807, 2.05) is 0 Å². The summed E-state index contributed by atoms with van der Waals surface area (Å²) in [5, 5.41) is 11.8. The van der Waals surface area contributed by atoms with Crippen molar-refractivity contribution >= 4 is 5.91 Å². The van der Waals surface area contributed by atoms with Gasteiger partial charge in [-0.25, -0.2) is 0 Å². The Morgan fingerprint density at radius 3 is 2.75 bits per heavy atom. The number of aliphatic hydroxyl groups excluding tert-OH is 1. The van der Waals surface area contributed by atoms with E-state index < -0.39 is 0 Å². The van der Waals surface area contributed by atoms with Crippen molar-refractivity contribution in [1.82, 2.24) is 10.3 Å². The molecule has 1 fully saturated rings. The standard InChI is InChI=1S/C16H20N2O2/c19-9-5-6-13-10-14(12-17-11-13)16(20)18-15-7-3-1-2-4-8-15/h10-12,15,19H,1-4,7-9H2,(H,18,20). The molecule has 0 unspecified atom stereocenters. The normalized spacial score (nSPS) is 15.8. The summed E-state index contributed by atoms with van der Waals surface area (Å²) >= 11 is 0. The van der Waals surface area contributed by atoms with E-state index in [1.54, 1.807) is 18.5 Å². The third-order valence-corrected chi connectivity index (χ3v) is 3.50. The molecule has 1 aliphatic carbocycles. The van der Waals surface area contributed by atoms with E-state index >= 15 is 0 Å². The zero-order chi connectivity index (χ0) is 14.2. The van der Waals surface area contributed by atoms with Crippen molar-refractivity contribution < 1.29 is 9.90 Å². The highest BCUT2D eigenvalue weighted by atomic mass is 16.2. The van der Waals surface area contributed by atoms with E-state index in [1.165, 1.54) is 25.7 Å². The van der Waals surface area contributed by atoms with Crippen LogP contribution in [0.4, 0.5) is 0 Å². The average Bonchev–Trinajstić information content (AvgIpc) is 2.74. The van der Waals surface area contributed by atoms with E-state index in [-0.39, 0.29) is 18.6 Å². The van der Waals surface area contributed by atoms with E-state index in [9.17, 15) is 4.79 Å². The van der Waals surface area contributed by atoms with Crippen LogP contribution in [0.1, 0.15) is 54.4 Å². The predicted molar refractivity (Wildman–Crippen MR) is 77.2 cm³/mol. The molecule has 0 radical (unpaired) electrons. The second-order valence-electron chi connectivity index (χ2n) is 5.08. The van der Waals surface area contributed by atoms with Gasteiger partial charge in [-0.1, -0.05) is 37.5 Å². The third kappa shape index (κ3) is 4.36. The van der Waals surface area contributed by atoms with Crippen LogP contribution in [0.3, 0.4) is 0 Å². The lowest BCUT2D eigenvalue weighted by molar-refractivity contribution is 0.0933. The highest BCUT2D eigenvalue weighted by molar-refractivity contribution is 5.94. The lowest BCUT2D eigenvalue weighted by Crippen LogP contribution is -2.34. The number of aromatic nitrogens is 1. The summed E-state index contributed by atoms with van der Waals surface area (Å²) in [6, 6.07) is 1.99. The van der Waals surface area contributed by atoms with Crippen LogP contribution in [0, 0.1) is 11.8 Å². The predicted octanol–water partition coefficient (Wildman–Crippen LogP) is 1.88. The molecule has 1 aliphatic rings. The van der Waals surface area contributed by atoms with Gasteiger partial charge >= 0.3 is 0 Å². The number of nitrogens with zero attached hydrogens (tertiary/aromatic N) is 1. The van der Waals surface area contributed by atoms with Gasteiger partial charge in [0.05, 0.1) is 5.56 Å². The molecule has 1 saturated carbocycles. The monoisotopic (exact) mass is 272 g/mol. The smallest absolute Gasteiger partial charge is 0.253 e. The van der Waals surface area contributed by atoms with Crippen LogP contribution in [0.15, 0.2) is 18.5 Å². The number of pyridine rings is 1. The lowest BCUT2D eigenvalue weighted by Gasteiger charge is -2.16. The Morgan fingerprint density at radius 1 is 1.30 bits per heavy atom. The van der Waals surface area contributed by atoms with Gasteiger partial charge in [0.25, 0.3) is 5.91 Å². The number of aliphatic hydroxyl groups is 1. The van der Waals surface area contributed by atoms with Gasteiger partial charge in [-0.3, -0.25) is 9.78 Å². The highest BCUT2D eigenvalue weighted by Gasteiger charge is 2.15. The van der Waals surface area contributed by atoms with Crippen LogP contribution < -0.4 is 5.32 Å². The number of amides is 1. The van der Waals surface area contributed by atoms with Crippen molar-refractivity contribution in [1.29, 1.82) is 0 Å². The summed E-state index contributed by atoms with van der Waals surface area (Å²) in [6.45, 7) is -0.196. The summed E-state index contributed by atoms with van der Waals surface area (Å²) in [6.07, 6.45) is 10.2. The molecular formula is C16H20N2O2. The molecule has 4 nitrogen and oxygen atoms in total. The van der Waals surface area contributed by atoms with Crippen LogP contribution in [-0.4, -0.2) is 28.6 Å². The number of carbonyl (C=O) groups excluding carboxylic acids is 1. The molecule has 2 N–H and O–H groups in total. The van der Waals surface area contributed by atoms with Crippen LogP contribution >= 0.6 is 0 Å². The molecule has 1 heterocycles. The Hall–Kier alpha value is -1.86. The molecule has 1 aromatic heterocycles. The fourth-order valence-corrected chi connectivity index (χ4v) is 2.47. The fraction of sp³-hybridized carbons (Fsp3) is 0.500. The third-order valence-electron chi connectivity index (χ3n) is 3.50. The first kappa shape index (κ1) is 14.5. The first-order valence-electron chi connectivity index (χ1n) is 7.15. The molecule has 106 valence electrons. The van der Waals surface area contributed by atoms with Gasteiger partial charge in [0.2, 0.25) is 0 Å². The quantitative estimate of drug-likeness (QED) is 0.638. The van der Waals surface area contributed by atoms with Gasteiger partial charge < -0.3 is 10.4 Å². The Morgan fingerprint density at radius 2 is 2.05 bits per heavy atom. The summed E-state index contributed by atoms with van der Waals surface area (Å²) in [4.78, 5) is 16.2. The Labute approximate surface area is 119 Å². The van der Waals surface area contributed by atoms with E-state index in [2.05, 4.69) is 22.1 Å². The molecule has 1 aromatic rings. The topological polar surface area (TPSA) is 62.2 Å². The molecule has 0 spiro atoms. The Balaban J connectivity index is 2.01. The van der Waals surface area contributed by atoms with Gasteiger partial charge in [0.1, 0.15) is 6.61 Å². The van der Waals surface area contributed by atoms with Gasteiger partial charge in [0.15, 0.2) is 0 Å². The first-order chi connectivity index (χ1) is 9.79. The van der Waals surface area contributed by atoms with Gasteiger partial charge in [-0.05, 0) is 18.9 Å². The minimum absolute atomic E-state index is 0.0861. The van der Waals surface area contributed by atoms with Crippen LogP contribution in [0.5, 0.6) is 0 Å². The fourth-order valence-electron chi connectivity index (χ4n) is 2.47. The van der Waals surface area contributed by atoms with Gasteiger partial charge in [0, 0.05) is 24.0 Å². The largest absolute Gasteiger partial charge is 0.384 e. The molecule has 2 rings (SSSR count). The maximum Gasteiger partial charge on any atom is 0.253 e. The molecule has 0 bridgehead atoms. The molecule has 0 aromatic carbocycles. The summed E-state index contributed by atoms with van der Waals surface area (Å²) in [7, 11) is 0. The number of rotatable bonds is 2. The summed E-state index contributed by atoms with van der Waals surface area (Å²) < 4.78 is 0. The van der Waals surface area contributed by atoms with Crippen molar-refractivity contribution in [3.05, 3.63) is 29.6 Å². The maximum atomic E-state index is 12.2. The van der Waals surface area contributed by atoms with E-state index in [0.29, 0.717) is 11.1 Å². The van der Waals surface area contributed by atoms with Crippen LogP contribution in [-0.2, 0) is 0 Å². The van der Waals surface area contributed by atoms with E-state index in [4.69, 9.17) is 5.11 Å². The average molecular weight is 272 g/mol. The van der Waals surface area contributed by atoms with Gasteiger partial charge in [-0.15, -0.1) is 0 Å². The molecule has 20 heavy (non-hydrogen) atoms. The van der Waals surface area contributed by atoms with Crippen molar-refractivity contribution in [2.24, 2.45) is 0 Å². The highest BCUT2D eigenvalue weighted by Crippen LogP contribution is 2.17. The first-order valence-corrected chi connectivity index (χ1v) is 7.15. The molecule has 0 atom stereocenters. The Kier molecular flexibility index (Phi) is 5.57. The minimum Gasteiger partial charge on any atom is -0.384 e. The molecular weight excluding hydrogens is 252 g/mol. The minimum atomic E-state index is -0.196. The maximum absolute atomic E-state index is 12.2. The van der Waals surface area contributed by atoms with Crippen LogP contribution in [0.2, 0.25) is 0 Å². The van der Waals surface area contributed by atoms with Crippen molar-refractivity contribution in [3.8, 4) is 11.8 Å². The van der Waals surface area contributed by atoms with Crippen molar-refractivity contribution in [2.45, 2.75) is 44.6 Å². The number of nitrogens with one attached hydrogen (secondary N) is 1. The summed E-state index contributed by atoms with van der Waals surface area (Å²) in [5.74, 6) is 5.23.